The lowest BCUT2D eigenvalue weighted by Gasteiger charge is -2.31. The molecule has 0 spiro atoms. The van der Waals surface area contributed by atoms with E-state index in [1.165, 1.54) is 4.90 Å². The van der Waals surface area contributed by atoms with Crippen molar-refractivity contribution in [3.63, 3.8) is 0 Å². The first kappa shape index (κ1) is 26.6. The lowest BCUT2D eigenvalue weighted by molar-refractivity contribution is -0.140. The number of nitrogens with two attached hydrogens (primary N) is 1. The molecule has 10 nitrogen and oxygen atoms in total. The number of nitrogens with zero attached hydrogens (tertiary/aromatic N) is 1. The number of ether oxygens (including phenoxy) is 2. The predicted octanol–water partition coefficient (Wildman–Crippen LogP) is 1.56. The third-order valence-electron chi connectivity index (χ3n) is 4.32. The molecule has 0 aliphatic carbocycles. The minimum absolute atomic E-state index is 0.268. The fourth-order valence-corrected chi connectivity index (χ4v) is 2.97. The van der Waals surface area contributed by atoms with E-state index in [0.29, 0.717) is 30.3 Å². The van der Waals surface area contributed by atoms with Crippen LogP contribution in [0.1, 0.15) is 27.2 Å². The molecule has 3 amide bonds. The number of hydrogen-bond acceptors (Lipinski definition) is 6. The zero-order chi connectivity index (χ0) is 23.4. The number of benzene rings is 1. The van der Waals surface area contributed by atoms with Gasteiger partial charge in [-0.25, -0.2) is 4.79 Å². The molecule has 2 unspecified atom stereocenters. The first-order valence-corrected chi connectivity index (χ1v) is 10.4. The number of hydrogen-bond donors (Lipinski definition) is 4. The third-order valence-corrected chi connectivity index (χ3v) is 4.58. The summed E-state index contributed by atoms with van der Waals surface area (Å²) < 4.78 is 10.9. The Kier molecular flexibility index (Phi) is 11.9. The quantitative estimate of drug-likeness (QED) is 0.328. The van der Waals surface area contributed by atoms with Gasteiger partial charge in [-0.05, 0) is 45.0 Å². The second kappa shape index (κ2) is 13.8. The summed E-state index contributed by atoms with van der Waals surface area (Å²) in [6, 6.07) is 4.11. The second-order valence-electron chi connectivity index (χ2n) is 6.52. The van der Waals surface area contributed by atoms with Crippen LogP contribution in [0.3, 0.4) is 0 Å². The average Bonchev–Trinajstić information content (AvgIpc) is 2.73. The average molecular weight is 459 g/mol. The van der Waals surface area contributed by atoms with E-state index >= 15 is 0 Å². The number of carbonyl (C=O) groups excluding carboxylic acids is 2. The van der Waals surface area contributed by atoms with Gasteiger partial charge < -0.3 is 30.9 Å². The Morgan fingerprint density at radius 1 is 1.16 bits per heavy atom. The summed E-state index contributed by atoms with van der Waals surface area (Å²) >= 11 is 5.93. The summed E-state index contributed by atoms with van der Waals surface area (Å²) in [5.41, 5.74) is 5.96. The summed E-state index contributed by atoms with van der Waals surface area (Å²) in [7, 11) is 0. The van der Waals surface area contributed by atoms with Crippen LogP contribution in [0, 0.1) is 0 Å². The Hall–Kier alpha value is -2.40. The SMILES string of the molecule is CCOC(CCNC(=O)C(C)N(C(=O)C(CN)NC(=O)O)c1ccc(Cl)cc1)OCC. The topological polar surface area (TPSA) is 143 Å². The Morgan fingerprint density at radius 3 is 2.23 bits per heavy atom. The van der Waals surface area contributed by atoms with Gasteiger partial charge >= 0.3 is 6.09 Å². The van der Waals surface area contributed by atoms with E-state index < -0.39 is 36.3 Å². The van der Waals surface area contributed by atoms with E-state index in [2.05, 4.69) is 10.6 Å². The zero-order valence-electron chi connectivity index (χ0n) is 18.0. The van der Waals surface area contributed by atoms with E-state index in [9.17, 15) is 14.4 Å². The molecule has 0 saturated carbocycles. The smallest absolute Gasteiger partial charge is 0.405 e. The van der Waals surface area contributed by atoms with Crippen LogP contribution in [0.2, 0.25) is 5.02 Å². The van der Waals surface area contributed by atoms with Crippen LogP contribution in [-0.2, 0) is 19.1 Å². The fourth-order valence-electron chi connectivity index (χ4n) is 2.85. The van der Waals surface area contributed by atoms with Gasteiger partial charge in [0.1, 0.15) is 12.1 Å². The normalized spacial score (nSPS) is 12.8. The van der Waals surface area contributed by atoms with Gasteiger partial charge in [-0.3, -0.25) is 14.5 Å². The van der Waals surface area contributed by atoms with Gasteiger partial charge in [0, 0.05) is 43.4 Å². The number of anilines is 1. The van der Waals surface area contributed by atoms with Crippen molar-refractivity contribution in [1.82, 2.24) is 10.6 Å². The van der Waals surface area contributed by atoms with E-state index in [4.69, 9.17) is 31.9 Å². The lowest BCUT2D eigenvalue weighted by atomic mass is 10.1. The lowest BCUT2D eigenvalue weighted by Crippen LogP contribution is -2.57. The Balaban J connectivity index is 2.98. The fraction of sp³-hybridized carbons (Fsp3) is 0.550. The minimum Gasteiger partial charge on any atom is -0.465 e. The van der Waals surface area contributed by atoms with Gasteiger partial charge in [0.05, 0.1) is 0 Å². The van der Waals surface area contributed by atoms with Gasteiger partial charge in [-0.2, -0.15) is 0 Å². The Morgan fingerprint density at radius 2 is 1.74 bits per heavy atom. The number of rotatable bonds is 13. The highest BCUT2D eigenvalue weighted by Crippen LogP contribution is 2.21. The highest BCUT2D eigenvalue weighted by molar-refractivity contribution is 6.30. The number of carbonyl (C=O) groups is 3. The molecule has 174 valence electrons. The molecule has 1 rings (SSSR count). The molecule has 11 heteroatoms. The molecular formula is C20H31ClN4O6. The van der Waals surface area contributed by atoms with Crippen LogP contribution in [0.4, 0.5) is 10.5 Å². The van der Waals surface area contributed by atoms with Crippen molar-refractivity contribution in [3.05, 3.63) is 29.3 Å². The van der Waals surface area contributed by atoms with Crippen molar-refractivity contribution >= 4 is 35.2 Å². The van der Waals surface area contributed by atoms with Crippen molar-refractivity contribution < 1.29 is 29.0 Å². The maximum absolute atomic E-state index is 13.1. The van der Waals surface area contributed by atoms with Gasteiger partial charge in [0.25, 0.3) is 5.91 Å². The third kappa shape index (κ3) is 8.70. The van der Waals surface area contributed by atoms with E-state index in [1.54, 1.807) is 31.2 Å². The van der Waals surface area contributed by atoms with Crippen LogP contribution >= 0.6 is 11.6 Å². The molecule has 0 radical (unpaired) electrons. The van der Waals surface area contributed by atoms with Crippen molar-refractivity contribution in [2.24, 2.45) is 5.73 Å². The van der Waals surface area contributed by atoms with Crippen molar-refractivity contribution in [3.8, 4) is 0 Å². The second-order valence-corrected chi connectivity index (χ2v) is 6.95. The van der Waals surface area contributed by atoms with E-state index in [1.807, 2.05) is 13.8 Å². The molecule has 0 aliphatic rings. The first-order valence-electron chi connectivity index (χ1n) is 10.0. The monoisotopic (exact) mass is 458 g/mol. The van der Waals surface area contributed by atoms with Crippen molar-refractivity contribution in [2.75, 3.05) is 31.2 Å². The first-order chi connectivity index (χ1) is 14.7. The number of carboxylic acid groups (broad SMARTS) is 1. The van der Waals surface area contributed by atoms with Crippen LogP contribution in [0.15, 0.2) is 24.3 Å². The standard InChI is InChI=1S/C20H31ClN4O6/c1-4-30-17(31-5-2)10-11-23-18(26)13(3)25(15-8-6-14(21)7-9-15)19(27)16(12-22)24-20(28)29/h6-9,13,16-17,24H,4-5,10-12,22H2,1-3H3,(H,23,26)(H,28,29). The zero-order valence-corrected chi connectivity index (χ0v) is 18.7. The highest BCUT2D eigenvalue weighted by Gasteiger charge is 2.32. The van der Waals surface area contributed by atoms with E-state index in [-0.39, 0.29) is 13.1 Å². The summed E-state index contributed by atoms with van der Waals surface area (Å²) in [6.45, 7) is 6.19. The number of nitrogens with one attached hydrogen (secondary N) is 2. The number of amides is 3. The van der Waals surface area contributed by atoms with Gasteiger partial charge in [-0.1, -0.05) is 11.6 Å². The molecule has 0 aliphatic heterocycles. The van der Waals surface area contributed by atoms with Gasteiger partial charge in [0.2, 0.25) is 5.91 Å². The van der Waals surface area contributed by atoms with Crippen molar-refractivity contribution in [2.45, 2.75) is 45.6 Å². The molecule has 31 heavy (non-hydrogen) atoms. The summed E-state index contributed by atoms with van der Waals surface area (Å²) in [5, 5.41) is 14.3. The summed E-state index contributed by atoms with van der Waals surface area (Å²) in [5.74, 6) is -1.09. The molecule has 0 fully saturated rings. The van der Waals surface area contributed by atoms with E-state index in [0.717, 1.165) is 0 Å². The minimum atomic E-state index is -1.39. The van der Waals surface area contributed by atoms with Gasteiger partial charge in [-0.15, -0.1) is 0 Å². The van der Waals surface area contributed by atoms with Crippen LogP contribution in [0.5, 0.6) is 0 Å². The van der Waals surface area contributed by atoms with Crippen LogP contribution in [0.25, 0.3) is 0 Å². The highest BCUT2D eigenvalue weighted by atomic mass is 35.5. The molecular weight excluding hydrogens is 428 g/mol. The molecule has 2 atom stereocenters. The maximum atomic E-state index is 13.1. The molecule has 5 N–H and O–H groups in total. The Labute approximate surface area is 187 Å². The Bertz CT molecular complexity index is 712. The molecule has 1 aromatic rings. The molecule has 0 heterocycles. The summed E-state index contributed by atoms with van der Waals surface area (Å²) in [6.07, 6.45) is -1.41. The predicted molar refractivity (Wildman–Crippen MR) is 117 cm³/mol. The van der Waals surface area contributed by atoms with Crippen molar-refractivity contribution in [1.29, 1.82) is 0 Å². The van der Waals surface area contributed by atoms with Gasteiger partial charge in [0.15, 0.2) is 6.29 Å². The largest absolute Gasteiger partial charge is 0.465 e. The van der Waals surface area contributed by atoms with Crippen LogP contribution in [-0.4, -0.2) is 67.7 Å². The maximum Gasteiger partial charge on any atom is 0.405 e. The molecule has 0 aromatic heterocycles. The number of halogens is 1. The molecule has 0 bridgehead atoms. The molecule has 0 saturated heterocycles. The van der Waals surface area contributed by atoms with Crippen LogP contribution < -0.4 is 21.3 Å². The summed E-state index contributed by atoms with van der Waals surface area (Å²) in [4.78, 5) is 38.1. The molecule has 1 aromatic carbocycles.